The van der Waals surface area contributed by atoms with Crippen LogP contribution in [-0.4, -0.2) is 67.4 Å². The average molecular weight is 352 g/mol. The quantitative estimate of drug-likeness (QED) is 0.687. The third kappa shape index (κ3) is 2.78. The molecule has 0 saturated carbocycles. The van der Waals surface area contributed by atoms with Gasteiger partial charge in [0.05, 0.1) is 18.9 Å². The molecule has 0 aliphatic carbocycles. The van der Waals surface area contributed by atoms with Crippen LogP contribution in [0.15, 0.2) is 11.1 Å². The van der Waals surface area contributed by atoms with Gasteiger partial charge in [-0.05, 0) is 29.5 Å². The van der Waals surface area contributed by atoms with Gasteiger partial charge in [0, 0.05) is 19.4 Å². The first kappa shape index (κ1) is 17.3. The molecule has 0 bridgehead atoms. The molecule has 0 N–H and O–H groups in total. The van der Waals surface area contributed by atoms with Crippen LogP contribution in [0.25, 0.3) is 0 Å². The second-order valence-corrected chi connectivity index (χ2v) is 8.66. The Bertz CT molecular complexity index is 609. The molecular formula is C11H22N4O3P2S. The highest BCUT2D eigenvalue weighted by molar-refractivity contribution is 7.92. The summed E-state index contributed by atoms with van der Waals surface area (Å²) in [5.74, 6) is 0. The van der Waals surface area contributed by atoms with Crippen molar-refractivity contribution >= 4 is 28.0 Å². The first-order chi connectivity index (χ1) is 9.79. The SMILES string of the molecule is CPN(CP)S(=O)(=O)c1cc(C2(N(C)C)COC2)n(C)n1. The Morgan fingerprint density at radius 1 is 1.52 bits per heavy atom. The van der Waals surface area contributed by atoms with E-state index in [2.05, 4.69) is 19.2 Å². The standard InChI is InChI=1S/C11H22N4O3P2S/c1-13(2)11(6-18-7-11)9-5-10(12-14(9)3)21(16,17)15(8-19)20-4/h5,20H,6-8,19H2,1-4H3. The van der Waals surface area contributed by atoms with Crippen LogP contribution < -0.4 is 0 Å². The summed E-state index contributed by atoms with van der Waals surface area (Å²) in [6.45, 7) is 2.93. The van der Waals surface area contributed by atoms with E-state index in [0.717, 1.165) is 5.69 Å². The summed E-state index contributed by atoms with van der Waals surface area (Å²) in [5, 5.41) is 4.33. The Balaban J connectivity index is 2.45. The minimum atomic E-state index is -3.54. The van der Waals surface area contributed by atoms with Gasteiger partial charge in [-0.3, -0.25) is 9.58 Å². The Morgan fingerprint density at radius 3 is 2.52 bits per heavy atom. The maximum absolute atomic E-state index is 12.6. The summed E-state index contributed by atoms with van der Waals surface area (Å²) in [4.78, 5) is 2.05. The van der Waals surface area contributed by atoms with Gasteiger partial charge in [0.25, 0.3) is 10.0 Å². The number of likely N-dealkylation sites (N-methyl/N-ethyl adjacent to an activating group) is 1. The summed E-state index contributed by atoms with van der Waals surface area (Å²) in [6, 6.07) is 1.67. The van der Waals surface area contributed by atoms with E-state index in [1.165, 1.54) is 4.08 Å². The lowest BCUT2D eigenvalue weighted by Crippen LogP contribution is -2.57. The molecular weight excluding hydrogens is 330 g/mol. The summed E-state index contributed by atoms with van der Waals surface area (Å²) in [7, 11) is 4.78. The van der Waals surface area contributed by atoms with Gasteiger partial charge in [-0.25, -0.2) is 8.42 Å². The highest BCUT2D eigenvalue weighted by Gasteiger charge is 2.46. The Hall–Kier alpha value is -0.100. The molecule has 2 unspecified atom stereocenters. The molecule has 2 heterocycles. The van der Waals surface area contributed by atoms with E-state index < -0.39 is 10.0 Å². The topological polar surface area (TPSA) is 67.7 Å². The number of rotatable bonds is 6. The first-order valence-corrected chi connectivity index (χ1v) is 10.2. The average Bonchev–Trinajstić information content (AvgIpc) is 2.72. The third-order valence-corrected chi connectivity index (χ3v) is 8.24. The van der Waals surface area contributed by atoms with Crippen molar-refractivity contribution in [3.63, 3.8) is 0 Å². The van der Waals surface area contributed by atoms with Crippen molar-refractivity contribution in [3.05, 3.63) is 11.8 Å². The molecule has 10 heteroatoms. The van der Waals surface area contributed by atoms with E-state index in [0.29, 0.717) is 19.5 Å². The van der Waals surface area contributed by atoms with Gasteiger partial charge in [-0.2, -0.15) is 9.17 Å². The van der Waals surface area contributed by atoms with Crippen molar-refractivity contribution in [2.24, 2.45) is 7.05 Å². The van der Waals surface area contributed by atoms with E-state index in [1.807, 2.05) is 20.8 Å². The van der Waals surface area contributed by atoms with Crippen LogP contribution in [0, 0.1) is 0 Å². The fourth-order valence-electron chi connectivity index (χ4n) is 2.36. The van der Waals surface area contributed by atoms with Crippen molar-refractivity contribution in [1.29, 1.82) is 0 Å². The lowest BCUT2D eigenvalue weighted by atomic mass is 9.91. The Kier molecular flexibility index (Phi) is 5.08. The zero-order valence-corrected chi connectivity index (χ0v) is 15.7. The number of sulfonamides is 1. The highest BCUT2D eigenvalue weighted by Crippen LogP contribution is 2.36. The van der Waals surface area contributed by atoms with E-state index in [-0.39, 0.29) is 19.3 Å². The fraction of sp³-hybridized carbons (Fsp3) is 0.727. The van der Waals surface area contributed by atoms with Crippen molar-refractivity contribution in [3.8, 4) is 0 Å². The molecule has 1 aliphatic rings. The lowest BCUT2D eigenvalue weighted by molar-refractivity contribution is -0.134. The normalized spacial score (nSPS) is 18.8. The van der Waals surface area contributed by atoms with E-state index >= 15 is 0 Å². The summed E-state index contributed by atoms with van der Waals surface area (Å²) in [6.07, 6.45) is 0.366. The van der Waals surface area contributed by atoms with Crippen LogP contribution >= 0.6 is 18.0 Å². The molecule has 21 heavy (non-hydrogen) atoms. The zero-order chi connectivity index (χ0) is 15.8. The van der Waals surface area contributed by atoms with Crippen LogP contribution in [0.2, 0.25) is 0 Å². The van der Waals surface area contributed by atoms with Crippen LogP contribution in [0.4, 0.5) is 0 Å². The molecule has 1 fully saturated rings. The second kappa shape index (κ2) is 6.19. The van der Waals surface area contributed by atoms with Crippen LogP contribution in [0.1, 0.15) is 5.69 Å². The van der Waals surface area contributed by atoms with Crippen LogP contribution in [0.3, 0.4) is 0 Å². The number of hydrogen-bond donors (Lipinski definition) is 0. The molecule has 120 valence electrons. The third-order valence-electron chi connectivity index (χ3n) is 3.84. The van der Waals surface area contributed by atoms with Gasteiger partial charge in [-0.15, -0.1) is 9.24 Å². The van der Waals surface area contributed by atoms with Gasteiger partial charge in [0.2, 0.25) is 0 Å². The predicted molar refractivity (Wildman–Crippen MR) is 87.2 cm³/mol. The first-order valence-electron chi connectivity index (χ1n) is 6.49. The van der Waals surface area contributed by atoms with E-state index in [9.17, 15) is 8.42 Å². The molecule has 1 saturated heterocycles. The van der Waals surface area contributed by atoms with E-state index in [1.54, 1.807) is 17.8 Å². The lowest BCUT2D eigenvalue weighted by Gasteiger charge is -2.46. The number of nitrogens with zero attached hydrogens (tertiary/aromatic N) is 4. The maximum atomic E-state index is 12.6. The summed E-state index contributed by atoms with van der Waals surface area (Å²) in [5.41, 5.74) is 0.566. The molecule has 2 atom stereocenters. The molecule has 0 amide bonds. The number of hydrogen-bond acceptors (Lipinski definition) is 5. The molecule has 2 rings (SSSR count). The van der Waals surface area contributed by atoms with Crippen LogP contribution in [0.5, 0.6) is 0 Å². The predicted octanol–water partition coefficient (Wildman–Crippen LogP) is 0.254. The van der Waals surface area contributed by atoms with E-state index in [4.69, 9.17) is 4.74 Å². The van der Waals surface area contributed by atoms with Gasteiger partial charge < -0.3 is 4.74 Å². The summed E-state index contributed by atoms with van der Waals surface area (Å²) < 4.78 is 33.5. The van der Waals surface area contributed by atoms with Crippen molar-refractivity contribution in [1.82, 2.24) is 18.8 Å². The van der Waals surface area contributed by atoms with Crippen molar-refractivity contribution in [2.45, 2.75) is 10.6 Å². The molecule has 1 aromatic heterocycles. The minimum absolute atomic E-state index is 0.102. The number of aryl methyl sites for hydroxylation is 1. The monoisotopic (exact) mass is 352 g/mol. The summed E-state index contributed by atoms with van der Waals surface area (Å²) >= 11 is 0. The second-order valence-electron chi connectivity index (χ2n) is 5.17. The van der Waals surface area contributed by atoms with Crippen LogP contribution in [-0.2, 0) is 27.3 Å². The highest BCUT2D eigenvalue weighted by atomic mass is 32.2. The van der Waals surface area contributed by atoms with Gasteiger partial charge >= 0.3 is 0 Å². The molecule has 0 radical (unpaired) electrons. The van der Waals surface area contributed by atoms with Gasteiger partial charge in [0.15, 0.2) is 5.03 Å². The number of ether oxygens (including phenoxy) is 1. The largest absolute Gasteiger partial charge is 0.377 e. The van der Waals surface area contributed by atoms with Crippen molar-refractivity contribution < 1.29 is 13.2 Å². The molecule has 0 spiro atoms. The molecule has 1 aliphatic heterocycles. The Morgan fingerprint density at radius 2 is 2.14 bits per heavy atom. The smallest absolute Gasteiger partial charge is 0.265 e. The molecule has 0 aromatic carbocycles. The fourth-order valence-corrected chi connectivity index (χ4v) is 5.82. The van der Waals surface area contributed by atoms with Crippen molar-refractivity contribution in [2.75, 3.05) is 40.3 Å². The minimum Gasteiger partial charge on any atom is -0.377 e. The molecule has 7 nitrogen and oxygen atoms in total. The maximum Gasteiger partial charge on any atom is 0.265 e. The van der Waals surface area contributed by atoms with Gasteiger partial charge in [-0.1, -0.05) is 0 Å². The zero-order valence-electron chi connectivity index (χ0n) is 12.7. The Labute approximate surface area is 130 Å². The van der Waals surface area contributed by atoms with Gasteiger partial charge in [0.1, 0.15) is 5.54 Å². The number of aromatic nitrogens is 2. The molecule has 1 aromatic rings.